The second-order valence-electron chi connectivity index (χ2n) is 4.80. The zero-order valence-electron chi connectivity index (χ0n) is 11.0. The van der Waals surface area contributed by atoms with Gasteiger partial charge in [0.2, 0.25) is 5.91 Å². The third-order valence-electron chi connectivity index (χ3n) is 3.44. The van der Waals surface area contributed by atoms with Gasteiger partial charge in [0.15, 0.2) is 10.8 Å². The highest BCUT2D eigenvalue weighted by molar-refractivity contribution is 7.13. The van der Waals surface area contributed by atoms with Crippen LogP contribution in [0.2, 0.25) is 0 Å². The number of rotatable bonds is 5. The van der Waals surface area contributed by atoms with Gasteiger partial charge in [-0.05, 0) is 12.8 Å². The average molecular weight is 307 g/mol. The summed E-state index contributed by atoms with van der Waals surface area (Å²) < 4.78 is 1.39. The van der Waals surface area contributed by atoms with Gasteiger partial charge in [0, 0.05) is 17.5 Å². The number of carboxylic acid groups (broad SMARTS) is 1. The summed E-state index contributed by atoms with van der Waals surface area (Å²) in [5, 5.41) is 21.6. The van der Waals surface area contributed by atoms with Crippen LogP contribution in [0.25, 0.3) is 0 Å². The number of hydrogen-bond donors (Lipinski definition) is 2. The normalized spacial score (nSPS) is 14.7. The molecular formula is C12H13N5O3S. The summed E-state index contributed by atoms with van der Waals surface area (Å²) in [5.41, 5.74) is 0.491. The van der Waals surface area contributed by atoms with Gasteiger partial charge in [-0.2, -0.15) is 0 Å². The largest absolute Gasteiger partial charge is 0.476 e. The molecule has 0 atom stereocenters. The van der Waals surface area contributed by atoms with Gasteiger partial charge in [0.25, 0.3) is 0 Å². The maximum absolute atomic E-state index is 12.0. The lowest BCUT2D eigenvalue weighted by atomic mass is 9.82. The van der Waals surface area contributed by atoms with E-state index in [2.05, 4.69) is 20.6 Å². The number of nitrogens with one attached hydrogen (secondary N) is 1. The van der Waals surface area contributed by atoms with Gasteiger partial charge in [0.1, 0.15) is 6.54 Å². The third kappa shape index (κ3) is 2.77. The lowest BCUT2D eigenvalue weighted by molar-refractivity contribution is -0.117. The molecule has 2 N–H and O–H groups in total. The first-order chi connectivity index (χ1) is 10.1. The summed E-state index contributed by atoms with van der Waals surface area (Å²) in [6, 6.07) is 0. The second kappa shape index (κ2) is 5.60. The highest BCUT2D eigenvalue weighted by Crippen LogP contribution is 2.37. The second-order valence-corrected chi connectivity index (χ2v) is 5.69. The van der Waals surface area contributed by atoms with E-state index in [1.54, 1.807) is 11.6 Å². The van der Waals surface area contributed by atoms with Crippen LogP contribution in [-0.4, -0.2) is 37.0 Å². The number of nitrogens with zero attached hydrogens (tertiary/aromatic N) is 4. The number of aromatic carboxylic acids is 1. The fourth-order valence-electron chi connectivity index (χ4n) is 2.26. The van der Waals surface area contributed by atoms with Gasteiger partial charge in [-0.25, -0.2) is 14.5 Å². The Balaban J connectivity index is 1.78. The molecular weight excluding hydrogens is 294 g/mol. The maximum atomic E-state index is 12.0. The fraction of sp³-hybridized carbons (Fsp3) is 0.417. The van der Waals surface area contributed by atoms with E-state index >= 15 is 0 Å². The lowest BCUT2D eigenvalue weighted by Crippen LogP contribution is -2.24. The van der Waals surface area contributed by atoms with Crippen molar-refractivity contribution in [3.63, 3.8) is 0 Å². The first-order valence-corrected chi connectivity index (χ1v) is 7.39. The van der Waals surface area contributed by atoms with E-state index in [0.717, 1.165) is 19.3 Å². The van der Waals surface area contributed by atoms with Crippen LogP contribution in [0.1, 0.15) is 41.4 Å². The quantitative estimate of drug-likeness (QED) is 0.862. The molecule has 2 heterocycles. The summed E-state index contributed by atoms with van der Waals surface area (Å²) in [6.07, 6.45) is 4.46. The Morgan fingerprint density at radius 1 is 1.48 bits per heavy atom. The fourth-order valence-corrected chi connectivity index (χ4v) is 2.80. The number of hydrogen-bond acceptors (Lipinski definition) is 6. The van der Waals surface area contributed by atoms with Crippen molar-refractivity contribution in [2.75, 3.05) is 5.32 Å². The van der Waals surface area contributed by atoms with Gasteiger partial charge in [-0.3, -0.25) is 4.79 Å². The lowest BCUT2D eigenvalue weighted by Gasteiger charge is -2.25. The molecule has 1 saturated carbocycles. The Labute approximate surface area is 123 Å². The van der Waals surface area contributed by atoms with Gasteiger partial charge >= 0.3 is 5.97 Å². The molecule has 0 aromatic carbocycles. The SMILES string of the molecule is O=C(Cn1nnc(C(=O)O)c1C1CCC1)Nc1nccs1. The molecule has 0 spiro atoms. The Hall–Kier alpha value is -2.29. The molecule has 1 aliphatic rings. The summed E-state index contributed by atoms with van der Waals surface area (Å²) in [6.45, 7) is -0.0638. The molecule has 0 saturated heterocycles. The molecule has 110 valence electrons. The highest BCUT2D eigenvalue weighted by Gasteiger charge is 2.31. The van der Waals surface area contributed by atoms with Crippen LogP contribution >= 0.6 is 11.3 Å². The van der Waals surface area contributed by atoms with E-state index < -0.39 is 5.97 Å². The number of anilines is 1. The Kier molecular flexibility index (Phi) is 3.65. The van der Waals surface area contributed by atoms with E-state index in [0.29, 0.717) is 10.8 Å². The molecule has 2 aromatic rings. The monoisotopic (exact) mass is 307 g/mol. The predicted octanol–water partition coefficient (Wildman–Crippen LogP) is 1.34. The standard InChI is InChI=1S/C12H13N5O3S/c18-8(14-12-13-4-5-21-12)6-17-10(7-2-1-3-7)9(11(19)20)15-16-17/h4-5,7H,1-3,6H2,(H,19,20)(H,13,14,18). The van der Waals surface area contributed by atoms with Crippen molar-refractivity contribution in [2.24, 2.45) is 0 Å². The van der Waals surface area contributed by atoms with E-state index in [4.69, 9.17) is 5.11 Å². The van der Waals surface area contributed by atoms with Crippen molar-refractivity contribution in [3.8, 4) is 0 Å². The van der Waals surface area contributed by atoms with Gasteiger partial charge in [-0.1, -0.05) is 11.6 Å². The van der Waals surface area contributed by atoms with Crippen LogP contribution in [-0.2, 0) is 11.3 Å². The number of carbonyl (C=O) groups is 2. The zero-order chi connectivity index (χ0) is 14.8. The van der Waals surface area contributed by atoms with Gasteiger partial charge in [-0.15, -0.1) is 16.4 Å². The average Bonchev–Trinajstić information content (AvgIpc) is 2.98. The van der Waals surface area contributed by atoms with Crippen molar-refractivity contribution in [3.05, 3.63) is 23.0 Å². The van der Waals surface area contributed by atoms with Crippen LogP contribution in [0.4, 0.5) is 5.13 Å². The summed E-state index contributed by atoms with van der Waals surface area (Å²) in [7, 11) is 0. The van der Waals surface area contributed by atoms with Crippen LogP contribution in [0, 0.1) is 0 Å². The van der Waals surface area contributed by atoms with Gasteiger partial charge < -0.3 is 10.4 Å². The smallest absolute Gasteiger partial charge is 0.358 e. The molecule has 8 nitrogen and oxygen atoms in total. The molecule has 3 rings (SSSR count). The van der Waals surface area contributed by atoms with Gasteiger partial charge in [0.05, 0.1) is 5.69 Å². The predicted molar refractivity (Wildman–Crippen MR) is 74.3 cm³/mol. The molecule has 2 aromatic heterocycles. The molecule has 0 radical (unpaired) electrons. The molecule has 0 unspecified atom stereocenters. The highest BCUT2D eigenvalue weighted by atomic mass is 32.1. The molecule has 0 aliphatic heterocycles. The maximum Gasteiger partial charge on any atom is 0.358 e. The molecule has 1 aliphatic carbocycles. The van der Waals surface area contributed by atoms with Crippen LogP contribution < -0.4 is 5.32 Å². The van der Waals surface area contributed by atoms with Crippen molar-refractivity contribution in [1.29, 1.82) is 0 Å². The van der Waals surface area contributed by atoms with E-state index in [1.807, 2.05) is 0 Å². The van der Waals surface area contributed by atoms with Crippen LogP contribution in [0.15, 0.2) is 11.6 Å². The number of amides is 1. The van der Waals surface area contributed by atoms with Crippen LogP contribution in [0.5, 0.6) is 0 Å². The molecule has 0 bridgehead atoms. The molecule has 1 amide bonds. The summed E-state index contributed by atoms with van der Waals surface area (Å²) in [4.78, 5) is 27.1. The third-order valence-corrected chi connectivity index (χ3v) is 4.13. The number of carboxylic acids is 1. The first kappa shape index (κ1) is 13.7. The molecule has 21 heavy (non-hydrogen) atoms. The minimum Gasteiger partial charge on any atom is -0.476 e. The zero-order valence-corrected chi connectivity index (χ0v) is 11.8. The van der Waals surface area contributed by atoms with Crippen molar-refractivity contribution >= 4 is 28.3 Å². The van der Waals surface area contributed by atoms with Crippen molar-refractivity contribution in [2.45, 2.75) is 31.7 Å². The van der Waals surface area contributed by atoms with Crippen molar-refractivity contribution in [1.82, 2.24) is 20.0 Å². The number of carbonyl (C=O) groups excluding carboxylic acids is 1. The number of thiazole rings is 1. The Morgan fingerprint density at radius 2 is 2.29 bits per heavy atom. The van der Waals surface area contributed by atoms with E-state index in [-0.39, 0.29) is 24.1 Å². The van der Waals surface area contributed by atoms with Crippen molar-refractivity contribution < 1.29 is 14.7 Å². The van der Waals surface area contributed by atoms with E-state index in [9.17, 15) is 9.59 Å². The minimum absolute atomic E-state index is 0.0539. The van der Waals surface area contributed by atoms with E-state index in [1.165, 1.54) is 16.0 Å². The van der Waals surface area contributed by atoms with Crippen LogP contribution in [0.3, 0.4) is 0 Å². The first-order valence-electron chi connectivity index (χ1n) is 6.51. The Morgan fingerprint density at radius 3 is 2.86 bits per heavy atom. The minimum atomic E-state index is -1.11. The topological polar surface area (TPSA) is 110 Å². The Bertz CT molecular complexity index is 662. The molecule has 1 fully saturated rings. The number of aromatic nitrogens is 4. The summed E-state index contributed by atoms with van der Waals surface area (Å²) >= 11 is 1.32. The summed E-state index contributed by atoms with van der Waals surface area (Å²) in [5.74, 6) is -1.28. The molecule has 9 heteroatoms.